The summed E-state index contributed by atoms with van der Waals surface area (Å²) in [6, 6.07) is -7.57. The molecular formula is C25H39N7O11. The molecule has 0 bridgehead atoms. The summed E-state index contributed by atoms with van der Waals surface area (Å²) in [7, 11) is 0. The van der Waals surface area contributed by atoms with Crippen LogP contribution in [0.2, 0.25) is 0 Å². The highest BCUT2D eigenvalue weighted by molar-refractivity contribution is 5.96. The smallest absolute Gasteiger partial charge is 0.328 e. The predicted molar refractivity (Wildman–Crippen MR) is 146 cm³/mol. The number of nitrogens with one attached hydrogen (secondary N) is 5. The normalized spacial score (nSPS) is 15.2. The zero-order valence-corrected chi connectivity index (χ0v) is 23.9. The standard InChI is InChI=1S/C25H39N7O11/c1-11(2)6-16(30-21(38)14(26)7-13-9-27-10-28-13)23(40)29-15(4-5-18(34)35)22(39)31-17(8-19(36)37)24(41)32-20(12(3)33)25(42)43/h9-12,14-17,20,33H,4-8,26H2,1-3H3,(H,27,28)(H,29,40)(H,30,38)(H,31,39)(H,32,41)(H,34,35)(H,36,37)(H,42,43)/t12-,14+,15+,16+,17+,20+/m1/s1. The van der Waals surface area contributed by atoms with Crippen molar-refractivity contribution in [2.75, 3.05) is 0 Å². The van der Waals surface area contributed by atoms with E-state index in [0.717, 1.165) is 6.92 Å². The minimum absolute atomic E-state index is 0.0797. The maximum absolute atomic E-state index is 13.2. The Morgan fingerprint density at radius 3 is 1.88 bits per heavy atom. The summed E-state index contributed by atoms with van der Waals surface area (Å²) in [5.41, 5.74) is 6.52. The van der Waals surface area contributed by atoms with Gasteiger partial charge in [-0.05, 0) is 25.7 Å². The van der Waals surface area contributed by atoms with Crippen LogP contribution in [0.4, 0.5) is 0 Å². The van der Waals surface area contributed by atoms with Gasteiger partial charge in [0.25, 0.3) is 0 Å². The largest absolute Gasteiger partial charge is 0.481 e. The molecule has 0 spiro atoms. The van der Waals surface area contributed by atoms with E-state index in [0.29, 0.717) is 5.69 Å². The number of imidazole rings is 1. The van der Waals surface area contributed by atoms with Crippen LogP contribution in [0.15, 0.2) is 12.5 Å². The molecule has 0 radical (unpaired) electrons. The highest BCUT2D eigenvalue weighted by Crippen LogP contribution is 2.09. The molecule has 1 rings (SSSR count). The van der Waals surface area contributed by atoms with E-state index in [1.807, 2.05) is 5.32 Å². The fourth-order valence-corrected chi connectivity index (χ4v) is 3.82. The van der Waals surface area contributed by atoms with Gasteiger partial charge in [-0.2, -0.15) is 0 Å². The second kappa shape index (κ2) is 17.4. The van der Waals surface area contributed by atoms with Crippen LogP contribution in [-0.2, 0) is 40.0 Å². The first-order valence-electron chi connectivity index (χ1n) is 13.3. The van der Waals surface area contributed by atoms with E-state index < -0.39 is 97.1 Å². The second-order valence-corrected chi connectivity index (χ2v) is 10.3. The van der Waals surface area contributed by atoms with Crippen LogP contribution in [-0.4, -0.2) is 108 Å². The van der Waals surface area contributed by atoms with Crippen molar-refractivity contribution < 1.29 is 54.0 Å². The number of aliphatic hydroxyl groups is 1. The third-order valence-electron chi connectivity index (χ3n) is 6.01. The average molecular weight is 614 g/mol. The van der Waals surface area contributed by atoms with Gasteiger partial charge < -0.3 is 52.4 Å². The van der Waals surface area contributed by atoms with Crippen LogP contribution >= 0.6 is 0 Å². The van der Waals surface area contributed by atoms with Gasteiger partial charge in [0, 0.05) is 24.7 Å². The van der Waals surface area contributed by atoms with Crippen LogP contribution in [0.1, 0.15) is 52.1 Å². The summed E-state index contributed by atoms with van der Waals surface area (Å²) in [6.07, 6.45) is -0.636. The van der Waals surface area contributed by atoms with Crippen LogP contribution < -0.4 is 27.0 Å². The molecule has 18 nitrogen and oxygen atoms in total. The Balaban J connectivity index is 3.13. The highest BCUT2D eigenvalue weighted by atomic mass is 16.4. The van der Waals surface area contributed by atoms with Crippen LogP contribution in [0.3, 0.4) is 0 Å². The number of carboxylic acids is 3. The number of aromatic amines is 1. The topological polar surface area (TPSA) is 303 Å². The van der Waals surface area contributed by atoms with E-state index in [2.05, 4.69) is 25.9 Å². The Morgan fingerprint density at radius 1 is 0.837 bits per heavy atom. The number of amides is 4. The molecule has 0 saturated carbocycles. The lowest BCUT2D eigenvalue weighted by Crippen LogP contribution is -2.59. The summed E-state index contributed by atoms with van der Waals surface area (Å²) in [6.45, 7) is 4.59. The molecule has 1 heterocycles. The summed E-state index contributed by atoms with van der Waals surface area (Å²) in [5.74, 6) is -8.61. The molecule has 0 saturated heterocycles. The number of H-pyrrole nitrogens is 1. The van der Waals surface area contributed by atoms with Crippen LogP contribution in [0.5, 0.6) is 0 Å². The second-order valence-electron chi connectivity index (χ2n) is 10.3. The van der Waals surface area contributed by atoms with Gasteiger partial charge in [0.1, 0.15) is 18.1 Å². The first-order chi connectivity index (χ1) is 20.0. The third kappa shape index (κ3) is 13.3. The number of aliphatic hydroxyl groups excluding tert-OH is 1. The van der Waals surface area contributed by atoms with E-state index in [1.54, 1.807) is 13.8 Å². The van der Waals surface area contributed by atoms with Crippen molar-refractivity contribution in [3.05, 3.63) is 18.2 Å². The van der Waals surface area contributed by atoms with Gasteiger partial charge in [0.2, 0.25) is 23.6 Å². The number of rotatable bonds is 19. The SMILES string of the molecule is CC(C)C[C@H](NC(=O)[C@@H](N)Cc1cnc[nH]1)C(=O)N[C@@H](CCC(=O)O)C(=O)N[C@@H](CC(=O)O)C(=O)N[C@H](C(=O)O)[C@@H](C)O. The van der Waals surface area contributed by atoms with Crippen molar-refractivity contribution in [2.24, 2.45) is 11.7 Å². The molecule has 43 heavy (non-hydrogen) atoms. The van der Waals surface area contributed by atoms with Gasteiger partial charge in [-0.3, -0.25) is 28.8 Å². The number of carbonyl (C=O) groups excluding carboxylic acids is 4. The van der Waals surface area contributed by atoms with E-state index >= 15 is 0 Å². The first kappa shape index (κ1) is 36.4. The van der Waals surface area contributed by atoms with Crippen LogP contribution in [0, 0.1) is 5.92 Å². The van der Waals surface area contributed by atoms with E-state index in [4.69, 9.17) is 10.8 Å². The van der Waals surface area contributed by atoms with Gasteiger partial charge in [0.15, 0.2) is 6.04 Å². The Kier molecular flexibility index (Phi) is 14.7. The number of hydrogen-bond acceptors (Lipinski definition) is 10. The fraction of sp³-hybridized carbons (Fsp3) is 0.600. The number of carbonyl (C=O) groups is 7. The summed E-state index contributed by atoms with van der Waals surface area (Å²) in [5, 5.41) is 46.1. The number of nitrogens with zero attached hydrogens (tertiary/aromatic N) is 1. The lowest BCUT2D eigenvalue weighted by atomic mass is 10.0. The zero-order valence-electron chi connectivity index (χ0n) is 23.9. The number of hydrogen-bond donors (Lipinski definition) is 10. The van der Waals surface area contributed by atoms with Crippen molar-refractivity contribution in [3.63, 3.8) is 0 Å². The number of nitrogens with two attached hydrogens (primary N) is 1. The minimum atomic E-state index is -1.86. The van der Waals surface area contributed by atoms with Gasteiger partial charge in [-0.25, -0.2) is 9.78 Å². The van der Waals surface area contributed by atoms with Crippen molar-refractivity contribution in [1.29, 1.82) is 0 Å². The summed E-state index contributed by atoms with van der Waals surface area (Å²) >= 11 is 0. The number of aromatic nitrogens is 2. The third-order valence-corrected chi connectivity index (χ3v) is 6.01. The molecule has 1 aromatic rings. The molecule has 0 aromatic carbocycles. The maximum atomic E-state index is 13.2. The van der Waals surface area contributed by atoms with Gasteiger partial charge in [-0.15, -0.1) is 0 Å². The molecule has 1 aromatic heterocycles. The van der Waals surface area contributed by atoms with Crippen LogP contribution in [0.25, 0.3) is 0 Å². The monoisotopic (exact) mass is 613 g/mol. The Labute approximate surface area is 246 Å². The Hall–Kier alpha value is -4.58. The number of aliphatic carboxylic acids is 3. The summed E-state index contributed by atoms with van der Waals surface area (Å²) < 4.78 is 0. The molecule has 240 valence electrons. The quantitative estimate of drug-likeness (QED) is 0.0748. The van der Waals surface area contributed by atoms with Crippen molar-refractivity contribution >= 4 is 41.5 Å². The van der Waals surface area contributed by atoms with Crippen molar-refractivity contribution in [2.45, 2.75) is 89.2 Å². The predicted octanol–water partition coefficient (Wildman–Crippen LogP) is -2.93. The Morgan fingerprint density at radius 2 is 1.40 bits per heavy atom. The maximum Gasteiger partial charge on any atom is 0.328 e. The average Bonchev–Trinajstić information content (AvgIpc) is 3.40. The number of carboxylic acid groups (broad SMARTS) is 3. The molecule has 6 atom stereocenters. The van der Waals surface area contributed by atoms with E-state index in [-0.39, 0.29) is 18.8 Å². The van der Waals surface area contributed by atoms with Crippen molar-refractivity contribution in [3.8, 4) is 0 Å². The molecule has 11 N–H and O–H groups in total. The zero-order chi connectivity index (χ0) is 32.9. The molecule has 0 unspecified atom stereocenters. The van der Waals surface area contributed by atoms with E-state index in [1.165, 1.54) is 12.5 Å². The molecule has 0 fully saturated rings. The van der Waals surface area contributed by atoms with Gasteiger partial charge in [-0.1, -0.05) is 13.8 Å². The molecule has 18 heteroatoms. The molecular weight excluding hydrogens is 574 g/mol. The Bertz CT molecular complexity index is 1140. The molecule has 0 aliphatic rings. The highest BCUT2D eigenvalue weighted by Gasteiger charge is 2.34. The molecule has 4 amide bonds. The van der Waals surface area contributed by atoms with Gasteiger partial charge >= 0.3 is 17.9 Å². The van der Waals surface area contributed by atoms with E-state index in [9.17, 15) is 48.9 Å². The lowest BCUT2D eigenvalue weighted by Gasteiger charge is -2.26. The first-order valence-corrected chi connectivity index (χ1v) is 13.3. The molecule has 0 aliphatic heterocycles. The molecule has 0 aliphatic carbocycles. The van der Waals surface area contributed by atoms with Gasteiger partial charge in [0.05, 0.1) is 24.9 Å². The fourth-order valence-electron chi connectivity index (χ4n) is 3.82. The lowest BCUT2D eigenvalue weighted by molar-refractivity contribution is -0.146. The summed E-state index contributed by atoms with van der Waals surface area (Å²) in [4.78, 5) is 92.3. The van der Waals surface area contributed by atoms with Crippen molar-refractivity contribution in [1.82, 2.24) is 31.2 Å². The minimum Gasteiger partial charge on any atom is -0.481 e.